The quantitative estimate of drug-likeness (QED) is 0.722. The van der Waals surface area contributed by atoms with E-state index in [-0.39, 0.29) is 12.1 Å². The van der Waals surface area contributed by atoms with E-state index in [9.17, 15) is 0 Å². The minimum atomic E-state index is -0.165. The number of rotatable bonds is 1. The highest BCUT2D eigenvalue weighted by Gasteiger charge is 2.34. The Bertz CT molecular complexity index is 947. The first kappa shape index (κ1) is 13.4. The molecule has 0 fully saturated rings. The normalized spacial score (nSPS) is 22.8. The molecule has 0 radical (unpaired) electrons. The Balaban J connectivity index is 1.63. The Morgan fingerprint density at radius 2 is 2.25 bits per heavy atom. The van der Waals surface area contributed by atoms with E-state index < -0.39 is 0 Å². The zero-order valence-corrected chi connectivity index (χ0v) is 13.0. The van der Waals surface area contributed by atoms with Gasteiger partial charge in [0.25, 0.3) is 0 Å². The van der Waals surface area contributed by atoms with Gasteiger partial charge in [0.2, 0.25) is 0 Å². The van der Waals surface area contributed by atoms with Crippen molar-refractivity contribution in [3.63, 3.8) is 0 Å². The molecule has 0 saturated heterocycles. The highest BCUT2D eigenvalue weighted by molar-refractivity contribution is 5.81. The lowest BCUT2D eigenvalue weighted by molar-refractivity contribution is 0.459. The second-order valence-corrected chi connectivity index (χ2v) is 6.25. The molecule has 4 heterocycles. The van der Waals surface area contributed by atoms with Crippen molar-refractivity contribution in [2.75, 3.05) is 0 Å². The SMILES string of the molecule is NC1=NC2C(=CN1)C(n1cc3cccnc3c1)CCc1ccoc12. The monoisotopic (exact) mass is 319 g/mol. The predicted octanol–water partition coefficient (Wildman–Crippen LogP) is 2.66. The van der Waals surface area contributed by atoms with Gasteiger partial charge in [-0.3, -0.25) is 4.98 Å². The molecule has 3 aromatic heterocycles. The van der Waals surface area contributed by atoms with Crippen molar-refractivity contribution in [2.45, 2.75) is 24.9 Å². The number of aliphatic imine (C=N–C) groups is 1. The van der Waals surface area contributed by atoms with Crippen LogP contribution >= 0.6 is 0 Å². The van der Waals surface area contributed by atoms with Gasteiger partial charge in [-0.05, 0) is 36.6 Å². The minimum Gasteiger partial charge on any atom is -0.466 e. The van der Waals surface area contributed by atoms with Gasteiger partial charge >= 0.3 is 0 Å². The van der Waals surface area contributed by atoms with Crippen molar-refractivity contribution < 1.29 is 4.42 Å². The molecule has 0 saturated carbocycles. The maximum Gasteiger partial charge on any atom is 0.193 e. The Hall–Kier alpha value is -3.02. The molecular weight excluding hydrogens is 302 g/mol. The van der Waals surface area contributed by atoms with Crippen molar-refractivity contribution in [2.24, 2.45) is 10.7 Å². The topological polar surface area (TPSA) is 81.4 Å². The molecule has 6 nitrogen and oxygen atoms in total. The smallest absolute Gasteiger partial charge is 0.193 e. The van der Waals surface area contributed by atoms with Gasteiger partial charge in [-0.15, -0.1) is 0 Å². The van der Waals surface area contributed by atoms with Crippen molar-refractivity contribution in [1.29, 1.82) is 0 Å². The third-order valence-electron chi connectivity index (χ3n) is 4.86. The van der Waals surface area contributed by atoms with E-state index in [1.807, 2.05) is 24.5 Å². The average molecular weight is 319 g/mol. The Labute approximate surface area is 138 Å². The largest absolute Gasteiger partial charge is 0.466 e. The van der Waals surface area contributed by atoms with E-state index in [1.54, 1.807) is 6.26 Å². The molecule has 0 bridgehead atoms. The first-order chi connectivity index (χ1) is 11.8. The lowest BCUT2D eigenvalue weighted by Crippen LogP contribution is -2.33. The van der Waals surface area contributed by atoms with Gasteiger partial charge in [0.05, 0.1) is 17.8 Å². The summed E-state index contributed by atoms with van der Waals surface area (Å²) in [6, 6.07) is 6.11. The summed E-state index contributed by atoms with van der Waals surface area (Å²) in [6.45, 7) is 0. The zero-order chi connectivity index (χ0) is 16.1. The molecule has 1 aliphatic heterocycles. The summed E-state index contributed by atoms with van der Waals surface area (Å²) in [6.07, 6.45) is 11.7. The number of aryl methyl sites for hydroxylation is 1. The van der Waals surface area contributed by atoms with E-state index in [0.717, 1.165) is 29.5 Å². The first-order valence-electron chi connectivity index (χ1n) is 8.08. The van der Waals surface area contributed by atoms with Crippen LogP contribution in [0.25, 0.3) is 10.9 Å². The number of hydrogen-bond donors (Lipinski definition) is 2. The van der Waals surface area contributed by atoms with Crippen LogP contribution in [0.5, 0.6) is 0 Å². The second-order valence-electron chi connectivity index (χ2n) is 6.25. The van der Waals surface area contributed by atoms with Gasteiger partial charge in [-0.2, -0.15) is 0 Å². The summed E-state index contributed by atoms with van der Waals surface area (Å²) >= 11 is 0. The lowest BCUT2D eigenvalue weighted by Gasteiger charge is -2.26. The van der Waals surface area contributed by atoms with Crippen molar-refractivity contribution in [3.05, 3.63) is 66.1 Å². The van der Waals surface area contributed by atoms with Crippen LogP contribution in [-0.4, -0.2) is 15.5 Å². The lowest BCUT2D eigenvalue weighted by atomic mass is 9.98. The first-order valence-corrected chi connectivity index (χ1v) is 8.08. The molecule has 0 amide bonds. The van der Waals surface area contributed by atoms with Crippen LogP contribution in [0.4, 0.5) is 0 Å². The van der Waals surface area contributed by atoms with Crippen LogP contribution in [-0.2, 0) is 6.42 Å². The number of nitrogens with one attached hydrogen (secondary N) is 1. The highest BCUT2D eigenvalue weighted by atomic mass is 16.3. The molecule has 3 aromatic rings. The fourth-order valence-electron chi connectivity index (χ4n) is 3.72. The molecule has 3 N–H and O–H groups in total. The number of nitrogens with two attached hydrogens (primary N) is 1. The fourth-order valence-corrected chi connectivity index (χ4v) is 3.72. The van der Waals surface area contributed by atoms with E-state index in [4.69, 9.17) is 10.2 Å². The number of nitrogens with zero attached hydrogens (tertiary/aromatic N) is 3. The molecule has 24 heavy (non-hydrogen) atoms. The Kier molecular flexibility index (Phi) is 2.79. The number of aromatic nitrogens is 2. The molecule has 6 heteroatoms. The van der Waals surface area contributed by atoms with Crippen LogP contribution in [0.15, 0.2) is 64.2 Å². The van der Waals surface area contributed by atoms with Gasteiger partial charge < -0.3 is 20.0 Å². The molecular formula is C18H17N5O. The van der Waals surface area contributed by atoms with E-state index >= 15 is 0 Å². The van der Waals surface area contributed by atoms with Crippen molar-refractivity contribution in [3.8, 4) is 0 Å². The summed E-state index contributed by atoms with van der Waals surface area (Å²) in [5, 5.41) is 4.20. The molecule has 2 aliphatic rings. The zero-order valence-electron chi connectivity index (χ0n) is 13.0. The number of pyridine rings is 1. The van der Waals surface area contributed by atoms with Crippen LogP contribution in [0.1, 0.15) is 29.8 Å². The summed E-state index contributed by atoms with van der Waals surface area (Å²) in [4.78, 5) is 9.04. The average Bonchev–Trinajstić information content (AvgIpc) is 3.20. The second kappa shape index (κ2) is 4.99. The molecule has 0 spiro atoms. The van der Waals surface area contributed by atoms with Crippen LogP contribution in [0.2, 0.25) is 0 Å². The van der Waals surface area contributed by atoms with Gasteiger partial charge in [0, 0.05) is 35.7 Å². The number of guanidine groups is 1. The van der Waals surface area contributed by atoms with Crippen molar-refractivity contribution >= 4 is 16.9 Å². The highest BCUT2D eigenvalue weighted by Crippen LogP contribution is 2.42. The fraction of sp³-hybridized carbons (Fsp3) is 0.222. The van der Waals surface area contributed by atoms with Gasteiger partial charge in [0.15, 0.2) is 5.96 Å². The summed E-state index contributed by atoms with van der Waals surface area (Å²) in [5.74, 6) is 1.33. The predicted molar refractivity (Wildman–Crippen MR) is 91.4 cm³/mol. The minimum absolute atomic E-state index is 0.165. The molecule has 0 aromatic carbocycles. The third kappa shape index (κ3) is 1.96. The third-order valence-corrected chi connectivity index (χ3v) is 4.86. The van der Waals surface area contributed by atoms with Gasteiger partial charge in [0.1, 0.15) is 11.8 Å². The molecule has 5 rings (SSSR count). The maximum atomic E-state index is 5.90. The van der Waals surface area contributed by atoms with Gasteiger partial charge in [-0.1, -0.05) is 0 Å². The number of furan rings is 1. The number of hydrogen-bond acceptors (Lipinski definition) is 5. The summed E-state index contributed by atoms with van der Waals surface area (Å²) in [7, 11) is 0. The van der Waals surface area contributed by atoms with Crippen molar-refractivity contribution in [1.82, 2.24) is 14.9 Å². The van der Waals surface area contributed by atoms with Crippen LogP contribution in [0, 0.1) is 0 Å². The van der Waals surface area contributed by atoms with E-state index in [1.165, 1.54) is 11.1 Å². The molecule has 2 unspecified atom stereocenters. The Morgan fingerprint density at radius 1 is 1.29 bits per heavy atom. The van der Waals surface area contributed by atoms with E-state index in [2.05, 4.69) is 38.3 Å². The van der Waals surface area contributed by atoms with E-state index in [0.29, 0.717) is 5.96 Å². The molecule has 120 valence electrons. The Morgan fingerprint density at radius 3 is 3.17 bits per heavy atom. The number of fused-ring (bicyclic) bond motifs is 4. The van der Waals surface area contributed by atoms with Crippen LogP contribution < -0.4 is 11.1 Å². The summed E-state index contributed by atoms with van der Waals surface area (Å²) in [5.41, 5.74) is 9.28. The molecule has 2 atom stereocenters. The summed E-state index contributed by atoms with van der Waals surface area (Å²) < 4.78 is 7.98. The standard InChI is InChI=1S/C18H17N5O/c19-18-21-8-13-15(23-9-12-2-1-6-20-14(12)10-23)4-3-11-5-7-24-17(11)16(13)22-18/h1-2,5-10,15-16H,3-4H2,(H3,19,21,22). The molecule has 1 aliphatic carbocycles. The van der Waals surface area contributed by atoms with Gasteiger partial charge in [-0.25, -0.2) is 4.99 Å². The maximum absolute atomic E-state index is 5.90. The van der Waals surface area contributed by atoms with Crippen LogP contribution in [0.3, 0.4) is 0 Å².